The van der Waals surface area contributed by atoms with Crippen molar-refractivity contribution in [3.63, 3.8) is 0 Å². The van der Waals surface area contributed by atoms with Crippen LogP contribution in [-0.2, 0) is 0 Å². The molecule has 3 nitrogen and oxygen atoms in total. The molecule has 0 aromatic heterocycles. The third-order valence-corrected chi connectivity index (χ3v) is 1.62. The number of aliphatic imine (C=N–C) groups is 1. The molecule has 2 rings (SSSR count). The van der Waals surface area contributed by atoms with Gasteiger partial charge in [0.15, 0.2) is 0 Å². The van der Waals surface area contributed by atoms with Crippen LogP contribution in [0, 0.1) is 0 Å². The molecule has 0 atom stereocenters. The largest absolute Gasteiger partial charge is 0.374 e. The van der Waals surface area contributed by atoms with Crippen molar-refractivity contribution in [2.45, 2.75) is 6.42 Å². The lowest BCUT2D eigenvalue weighted by molar-refractivity contribution is 0.698. The molecule has 2 N–H and O–H groups in total. The number of rotatable bonds is 0. The Kier molecular flexibility index (Phi) is 1.20. The summed E-state index contributed by atoms with van der Waals surface area (Å²) in [6.45, 7) is 0.810. The van der Waals surface area contributed by atoms with E-state index in [1.165, 1.54) is 5.57 Å². The highest BCUT2D eigenvalue weighted by Crippen LogP contribution is 2.14. The molecule has 3 heteroatoms. The monoisotopic (exact) mass is 135 g/mol. The molecule has 10 heavy (non-hydrogen) atoms. The van der Waals surface area contributed by atoms with Crippen molar-refractivity contribution in [1.82, 2.24) is 10.6 Å². The Labute approximate surface area is 59.5 Å². The summed E-state index contributed by atoms with van der Waals surface area (Å²) < 4.78 is 0. The molecule has 0 spiro atoms. The van der Waals surface area contributed by atoms with Gasteiger partial charge in [0.2, 0.25) is 0 Å². The van der Waals surface area contributed by atoms with Gasteiger partial charge in [-0.25, -0.2) is 0 Å². The zero-order valence-electron chi connectivity index (χ0n) is 5.59. The van der Waals surface area contributed by atoms with E-state index in [1.54, 1.807) is 0 Å². The van der Waals surface area contributed by atoms with Crippen LogP contribution in [0.1, 0.15) is 6.42 Å². The predicted molar refractivity (Wildman–Crippen MR) is 40.4 cm³/mol. The van der Waals surface area contributed by atoms with E-state index < -0.39 is 0 Å². The molecule has 0 amide bonds. The minimum Gasteiger partial charge on any atom is -0.374 e. The molecule has 2 aliphatic rings. The van der Waals surface area contributed by atoms with Crippen LogP contribution in [-0.4, -0.2) is 12.9 Å². The number of nitrogens with zero attached hydrogens (tertiary/aromatic N) is 1. The molecule has 0 saturated heterocycles. The highest BCUT2D eigenvalue weighted by Gasteiger charge is 2.09. The molecule has 0 bridgehead atoms. The number of hydrogen-bond acceptors (Lipinski definition) is 3. The van der Waals surface area contributed by atoms with E-state index in [1.807, 2.05) is 18.6 Å². The summed E-state index contributed by atoms with van der Waals surface area (Å²) in [6, 6.07) is 0. The van der Waals surface area contributed by atoms with E-state index in [4.69, 9.17) is 0 Å². The highest BCUT2D eigenvalue weighted by atomic mass is 15.1. The molecular formula is C7H9N3. The number of fused-ring (bicyclic) bond motifs is 1. The second-order valence-corrected chi connectivity index (χ2v) is 2.31. The molecule has 0 saturated carbocycles. The molecule has 0 fully saturated rings. The average Bonchev–Trinajstić information content (AvgIpc) is 2.05. The zero-order chi connectivity index (χ0) is 6.81. The van der Waals surface area contributed by atoms with Crippen LogP contribution in [0.5, 0.6) is 0 Å². The zero-order valence-corrected chi connectivity index (χ0v) is 5.59. The van der Waals surface area contributed by atoms with Gasteiger partial charge in [-0.2, -0.15) is 0 Å². The van der Waals surface area contributed by atoms with Crippen LogP contribution in [0.3, 0.4) is 0 Å². The van der Waals surface area contributed by atoms with Gasteiger partial charge in [0.1, 0.15) is 0 Å². The molecule has 52 valence electrons. The molecule has 2 heterocycles. The Morgan fingerprint density at radius 2 is 2.50 bits per heavy atom. The van der Waals surface area contributed by atoms with Crippen LogP contribution >= 0.6 is 0 Å². The summed E-state index contributed by atoms with van der Waals surface area (Å²) in [5.74, 6) is 0. The molecule has 2 aliphatic heterocycles. The first-order chi connectivity index (χ1) is 4.97. The average molecular weight is 135 g/mol. The molecule has 0 radical (unpaired) electrons. The minimum atomic E-state index is 0.810. The first kappa shape index (κ1) is 5.53. The Bertz CT molecular complexity index is 225. The van der Waals surface area contributed by atoms with Gasteiger partial charge in [0, 0.05) is 25.0 Å². The minimum absolute atomic E-state index is 0.810. The van der Waals surface area contributed by atoms with E-state index in [0.29, 0.717) is 0 Å². The Balaban J connectivity index is 2.32. The second-order valence-electron chi connectivity index (χ2n) is 2.31. The first-order valence-electron chi connectivity index (χ1n) is 3.35. The van der Waals surface area contributed by atoms with Crippen LogP contribution in [0.15, 0.2) is 28.7 Å². The fraction of sp³-hybridized carbons (Fsp3) is 0.286. The summed E-state index contributed by atoms with van der Waals surface area (Å²) in [5.41, 5.74) is 2.45. The molecule has 0 aromatic rings. The molecule has 0 aliphatic carbocycles. The van der Waals surface area contributed by atoms with Crippen molar-refractivity contribution in [3.8, 4) is 0 Å². The maximum Gasteiger partial charge on any atom is 0.0845 e. The Morgan fingerprint density at radius 1 is 1.50 bits per heavy atom. The van der Waals surface area contributed by atoms with Gasteiger partial charge in [-0.1, -0.05) is 0 Å². The normalized spacial score (nSPS) is 21.6. The Morgan fingerprint density at radius 3 is 3.40 bits per heavy atom. The fourth-order valence-corrected chi connectivity index (χ4v) is 1.09. The smallest absolute Gasteiger partial charge is 0.0845 e. The van der Waals surface area contributed by atoms with Crippen molar-refractivity contribution in [3.05, 3.63) is 23.7 Å². The van der Waals surface area contributed by atoms with Gasteiger partial charge in [0.05, 0.1) is 12.4 Å². The lowest BCUT2D eigenvalue weighted by atomic mass is 10.1. The lowest BCUT2D eigenvalue weighted by Gasteiger charge is -2.20. The van der Waals surface area contributed by atoms with E-state index in [0.717, 1.165) is 18.8 Å². The third kappa shape index (κ3) is 0.795. The van der Waals surface area contributed by atoms with E-state index in [2.05, 4.69) is 15.6 Å². The van der Waals surface area contributed by atoms with E-state index in [9.17, 15) is 0 Å². The maximum atomic E-state index is 4.04. The van der Waals surface area contributed by atoms with Crippen LogP contribution in [0.4, 0.5) is 0 Å². The second kappa shape index (κ2) is 2.17. The van der Waals surface area contributed by atoms with Gasteiger partial charge in [-0.3, -0.25) is 4.99 Å². The first-order valence-corrected chi connectivity index (χ1v) is 3.35. The van der Waals surface area contributed by atoms with Crippen molar-refractivity contribution in [2.75, 3.05) is 6.67 Å². The maximum absolute atomic E-state index is 4.04. The van der Waals surface area contributed by atoms with Crippen molar-refractivity contribution < 1.29 is 0 Å². The SMILES string of the molecule is C1=NC=C2NCNC=C2C1. The fourth-order valence-electron chi connectivity index (χ4n) is 1.09. The van der Waals surface area contributed by atoms with Gasteiger partial charge in [-0.05, 0) is 5.57 Å². The topological polar surface area (TPSA) is 36.4 Å². The summed E-state index contributed by atoms with van der Waals surface area (Å²) in [7, 11) is 0. The van der Waals surface area contributed by atoms with Gasteiger partial charge in [-0.15, -0.1) is 0 Å². The number of allylic oxidation sites excluding steroid dienone is 1. The predicted octanol–water partition coefficient (Wildman–Crippen LogP) is 0.337. The van der Waals surface area contributed by atoms with E-state index in [-0.39, 0.29) is 0 Å². The quantitative estimate of drug-likeness (QED) is 0.502. The van der Waals surface area contributed by atoms with Gasteiger partial charge in [0.25, 0.3) is 0 Å². The highest BCUT2D eigenvalue weighted by molar-refractivity contribution is 5.67. The molecular weight excluding hydrogens is 126 g/mol. The van der Waals surface area contributed by atoms with Gasteiger partial charge >= 0.3 is 0 Å². The van der Waals surface area contributed by atoms with Crippen molar-refractivity contribution >= 4 is 6.21 Å². The van der Waals surface area contributed by atoms with Crippen molar-refractivity contribution in [2.24, 2.45) is 4.99 Å². The molecule has 0 unspecified atom stereocenters. The van der Waals surface area contributed by atoms with E-state index >= 15 is 0 Å². The Hall–Kier alpha value is -1.25. The summed E-state index contributed by atoms with van der Waals surface area (Å²) >= 11 is 0. The summed E-state index contributed by atoms with van der Waals surface area (Å²) in [5, 5.41) is 6.30. The summed E-state index contributed by atoms with van der Waals surface area (Å²) in [6.07, 6.45) is 6.74. The standard InChI is InChI=1S/C7H9N3/c1-2-8-4-7-6(1)3-9-5-10-7/h2-4,9-10H,1,5H2. The van der Waals surface area contributed by atoms with Crippen LogP contribution in [0.25, 0.3) is 0 Å². The molecule has 0 aromatic carbocycles. The lowest BCUT2D eigenvalue weighted by Crippen LogP contribution is -2.31. The van der Waals surface area contributed by atoms with Crippen molar-refractivity contribution in [1.29, 1.82) is 0 Å². The number of nitrogens with one attached hydrogen (secondary N) is 2. The third-order valence-electron chi connectivity index (χ3n) is 1.62. The number of hydrogen-bond donors (Lipinski definition) is 2. The van der Waals surface area contributed by atoms with Crippen LogP contribution in [0.2, 0.25) is 0 Å². The van der Waals surface area contributed by atoms with Crippen LogP contribution < -0.4 is 10.6 Å². The van der Waals surface area contributed by atoms with Gasteiger partial charge < -0.3 is 10.6 Å². The summed E-state index contributed by atoms with van der Waals surface area (Å²) in [4.78, 5) is 4.04.